The van der Waals surface area contributed by atoms with E-state index in [1.165, 1.54) is 109 Å². The molecule has 0 heterocycles. The summed E-state index contributed by atoms with van der Waals surface area (Å²) in [6, 6.07) is 0. The smallest absolute Gasteiger partial charge is 0.217 e. The topological polar surface area (TPSA) is 63.3 Å². The van der Waals surface area contributed by atoms with Crippen LogP contribution < -0.4 is 5.73 Å². The monoisotopic (exact) mass is 409 g/mol. The average molecular weight is 410 g/mol. The van der Waals surface area contributed by atoms with E-state index in [1.54, 1.807) is 0 Å². The fourth-order valence-corrected chi connectivity index (χ4v) is 3.78. The molecule has 29 heavy (non-hydrogen) atoms. The molecule has 0 aromatic heterocycles. The second-order valence-electron chi connectivity index (χ2n) is 8.96. The van der Waals surface area contributed by atoms with E-state index in [4.69, 9.17) is 10.8 Å². The molecule has 0 rings (SSSR count). The van der Waals surface area contributed by atoms with Crippen LogP contribution in [0, 0.1) is 5.92 Å². The SMILES string of the molecule is CC(C=CCCCCCCCCCCCCCCCCCCCCC(N)=O)CO. The van der Waals surface area contributed by atoms with E-state index in [9.17, 15) is 4.79 Å². The van der Waals surface area contributed by atoms with Gasteiger partial charge in [-0.15, -0.1) is 0 Å². The molecule has 3 nitrogen and oxygen atoms in total. The molecule has 172 valence electrons. The number of hydrogen-bond donors (Lipinski definition) is 2. The van der Waals surface area contributed by atoms with Crippen molar-refractivity contribution in [3.05, 3.63) is 12.2 Å². The van der Waals surface area contributed by atoms with Crippen molar-refractivity contribution in [3.63, 3.8) is 0 Å². The Hall–Kier alpha value is -0.830. The van der Waals surface area contributed by atoms with Gasteiger partial charge in [0.15, 0.2) is 0 Å². The van der Waals surface area contributed by atoms with Crippen LogP contribution in [-0.4, -0.2) is 17.6 Å². The number of rotatable bonds is 23. The van der Waals surface area contributed by atoms with Crippen molar-refractivity contribution in [2.45, 2.75) is 135 Å². The predicted octanol–water partition coefficient (Wildman–Crippen LogP) is 7.46. The lowest BCUT2D eigenvalue weighted by Crippen LogP contribution is -2.09. The Bertz CT molecular complexity index is 368. The van der Waals surface area contributed by atoms with E-state index >= 15 is 0 Å². The van der Waals surface area contributed by atoms with Crippen LogP contribution >= 0.6 is 0 Å². The molecule has 0 radical (unpaired) electrons. The Kier molecular flexibility index (Phi) is 22.8. The number of primary amides is 1. The molecule has 1 unspecified atom stereocenters. The second-order valence-corrected chi connectivity index (χ2v) is 8.96. The predicted molar refractivity (Wildman–Crippen MR) is 127 cm³/mol. The lowest BCUT2D eigenvalue weighted by Gasteiger charge is -2.04. The first kappa shape index (κ1) is 28.2. The van der Waals surface area contributed by atoms with Crippen LogP contribution in [0.15, 0.2) is 12.2 Å². The molecule has 0 bridgehead atoms. The number of amides is 1. The van der Waals surface area contributed by atoms with Crippen LogP contribution in [0.5, 0.6) is 0 Å². The molecular formula is C26H51NO2. The first-order valence-electron chi connectivity index (χ1n) is 12.7. The third-order valence-electron chi connectivity index (χ3n) is 5.80. The number of aliphatic hydroxyl groups is 1. The zero-order valence-electron chi connectivity index (χ0n) is 19.5. The molecule has 3 N–H and O–H groups in total. The van der Waals surface area contributed by atoms with Crippen LogP contribution in [0.3, 0.4) is 0 Å². The van der Waals surface area contributed by atoms with Crippen molar-refractivity contribution >= 4 is 5.91 Å². The zero-order chi connectivity index (χ0) is 21.4. The molecule has 0 aliphatic rings. The summed E-state index contributed by atoms with van der Waals surface area (Å²) in [5, 5.41) is 8.95. The number of hydrogen-bond acceptors (Lipinski definition) is 2. The van der Waals surface area contributed by atoms with Gasteiger partial charge in [-0.1, -0.05) is 122 Å². The molecule has 0 aliphatic carbocycles. The Morgan fingerprint density at radius 2 is 1.03 bits per heavy atom. The van der Waals surface area contributed by atoms with Crippen LogP contribution in [0.2, 0.25) is 0 Å². The molecule has 0 fully saturated rings. The standard InChI is InChI=1S/C26H51NO2/c1-25(24-28)22-20-18-16-14-12-10-8-6-4-2-3-5-7-9-11-13-15-17-19-21-23-26(27)29/h20,22,25,28H,2-19,21,23-24H2,1H3,(H2,27,29). The number of carbonyl (C=O) groups is 1. The van der Waals surface area contributed by atoms with Gasteiger partial charge in [0.25, 0.3) is 0 Å². The average Bonchev–Trinajstić information content (AvgIpc) is 2.71. The van der Waals surface area contributed by atoms with Crippen molar-refractivity contribution in [1.29, 1.82) is 0 Å². The fraction of sp³-hybridized carbons (Fsp3) is 0.885. The molecule has 0 saturated heterocycles. The van der Waals surface area contributed by atoms with Crippen molar-refractivity contribution in [1.82, 2.24) is 0 Å². The maximum absolute atomic E-state index is 10.6. The summed E-state index contributed by atoms with van der Waals surface area (Å²) >= 11 is 0. The van der Waals surface area contributed by atoms with Gasteiger partial charge < -0.3 is 10.8 Å². The molecule has 0 spiro atoms. The highest BCUT2D eigenvalue weighted by molar-refractivity contribution is 5.73. The maximum Gasteiger partial charge on any atom is 0.217 e. The van der Waals surface area contributed by atoms with Gasteiger partial charge in [0.05, 0.1) is 0 Å². The van der Waals surface area contributed by atoms with E-state index in [1.807, 2.05) is 0 Å². The summed E-state index contributed by atoms with van der Waals surface area (Å²) in [6.07, 6.45) is 30.3. The minimum absolute atomic E-state index is 0.158. The molecular weight excluding hydrogens is 358 g/mol. The highest BCUT2D eigenvalue weighted by Crippen LogP contribution is 2.15. The lowest BCUT2D eigenvalue weighted by atomic mass is 10.0. The normalized spacial score (nSPS) is 12.6. The third kappa shape index (κ3) is 25.1. The Morgan fingerprint density at radius 3 is 1.38 bits per heavy atom. The van der Waals surface area contributed by atoms with Gasteiger partial charge in [0.1, 0.15) is 0 Å². The Balaban J connectivity index is 3.07. The second kappa shape index (κ2) is 23.4. The van der Waals surface area contributed by atoms with Gasteiger partial charge in [0, 0.05) is 13.0 Å². The van der Waals surface area contributed by atoms with E-state index in [0.29, 0.717) is 12.3 Å². The van der Waals surface area contributed by atoms with Crippen molar-refractivity contribution < 1.29 is 9.90 Å². The lowest BCUT2D eigenvalue weighted by molar-refractivity contribution is -0.118. The summed E-state index contributed by atoms with van der Waals surface area (Å²) in [5.41, 5.74) is 5.14. The zero-order valence-corrected chi connectivity index (χ0v) is 19.5. The summed E-state index contributed by atoms with van der Waals surface area (Å²) < 4.78 is 0. The van der Waals surface area contributed by atoms with Crippen molar-refractivity contribution in [2.24, 2.45) is 11.7 Å². The number of unbranched alkanes of at least 4 members (excludes halogenated alkanes) is 18. The molecule has 0 aliphatic heterocycles. The van der Waals surface area contributed by atoms with E-state index in [-0.39, 0.29) is 12.5 Å². The molecule has 1 amide bonds. The third-order valence-corrected chi connectivity index (χ3v) is 5.80. The molecule has 0 aromatic carbocycles. The molecule has 1 atom stereocenters. The highest BCUT2D eigenvalue weighted by atomic mass is 16.3. The maximum atomic E-state index is 10.6. The van der Waals surface area contributed by atoms with Gasteiger partial charge in [-0.3, -0.25) is 4.79 Å². The van der Waals surface area contributed by atoms with E-state index < -0.39 is 0 Å². The molecule has 0 saturated carbocycles. The number of aliphatic hydroxyl groups excluding tert-OH is 1. The first-order valence-corrected chi connectivity index (χ1v) is 12.7. The summed E-state index contributed by atoms with van der Waals surface area (Å²) in [4.78, 5) is 10.6. The van der Waals surface area contributed by atoms with E-state index in [0.717, 1.165) is 12.8 Å². The Morgan fingerprint density at radius 1 is 0.690 bits per heavy atom. The van der Waals surface area contributed by atoms with Gasteiger partial charge in [-0.05, 0) is 25.2 Å². The highest BCUT2D eigenvalue weighted by Gasteiger charge is 1.97. The molecule has 0 aromatic rings. The van der Waals surface area contributed by atoms with Crippen molar-refractivity contribution in [2.75, 3.05) is 6.61 Å². The van der Waals surface area contributed by atoms with Gasteiger partial charge >= 0.3 is 0 Å². The summed E-state index contributed by atoms with van der Waals surface area (Å²) in [7, 11) is 0. The number of carbonyl (C=O) groups excluding carboxylic acids is 1. The van der Waals surface area contributed by atoms with Crippen LogP contribution in [-0.2, 0) is 4.79 Å². The van der Waals surface area contributed by atoms with Gasteiger partial charge in [-0.25, -0.2) is 0 Å². The summed E-state index contributed by atoms with van der Waals surface area (Å²) in [6.45, 7) is 2.31. The molecule has 3 heteroatoms. The number of nitrogens with two attached hydrogens (primary N) is 1. The van der Waals surface area contributed by atoms with Crippen LogP contribution in [0.4, 0.5) is 0 Å². The Labute approximate surface area is 181 Å². The van der Waals surface area contributed by atoms with Crippen molar-refractivity contribution in [3.8, 4) is 0 Å². The minimum Gasteiger partial charge on any atom is -0.396 e. The summed E-state index contributed by atoms with van der Waals surface area (Å²) in [5.74, 6) is 0.154. The van der Waals surface area contributed by atoms with Gasteiger partial charge in [0.2, 0.25) is 5.91 Å². The first-order chi connectivity index (χ1) is 14.2. The fourth-order valence-electron chi connectivity index (χ4n) is 3.78. The quantitative estimate of drug-likeness (QED) is 0.136. The van der Waals surface area contributed by atoms with Crippen LogP contribution in [0.25, 0.3) is 0 Å². The minimum atomic E-state index is -0.158. The van der Waals surface area contributed by atoms with Gasteiger partial charge in [-0.2, -0.15) is 0 Å². The largest absolute Gasteiger partial charge is 0.396 e. The van der Waals surface area contributed by atoms with Crippen LogP contribution in [0.1, 0.15) is 135 Å². The van der Waals surface area contributed by atoms with E-state index in [2.05, 4.69) is 19.1 Å². The number of allylic oxidation sites excluding steroid dienone is 1.